The van der Waals surface area contributed by atoms with E-state index in [0.717, 1.165) is 31.2 Å². The van der Waals surface area contributed by atoms with Gasteiger partial charge in [0.15, 0.2) is 0 Å². The van der Waals surface area contributed by atoms with Gasteiger partial charge < -0.3 is 20.1 Å². The molecule has 3 rings (SSSR count). The molecule has 9 nitrogen and oxygen atoms in total. The number of alkyl carbamates (subject to hydrolysis) is 1. The maximum absolute atomic E-state index is 13.8. The van der Waals surface area contributed by atoms with Gasteiger partial charge in [0.05, 0.1) is 19.1 Å². The van der Waals surface area contributed by atoms with Crippen LogP contribution >= 0.6 is 0 Å². The van der Waals surface area contributed by atoms with Crippen molar-refractivity contribution in [1.29, 1.82) is 0 Å². The fraction of sp³-hybridized carbons (Fsp3) is 0.710. The summed E-state index contributed by atoms with van der Waals surface area (Å²) >= 11 is 0. The van der Waals surface area contributed by atoms with E-state index in [9.17, 15) is 14.4 Å². The third kappa shape index (κ3) is 9.47. The lowest BCUT2D eigenvalue weighted by Gasteiger charge is -2.33. The highest BCUT2D eigenvalue weighted by atomic mass is 16.7. The Balaban J connectivity index is 1.88. The largest absolute Gasteiger partial charge is 0.467 e. The van der Waals surface area contributed by atoms with E-state index in [2.05, 4.69) is 10.6 Å². The van der Waals surface area contributed by atoms with Crippen LogP contribution in [0.2, 0.25) is 0 Å². The molecule has 2 N–H and O–H groups in total. The van der Waals surface area contributed by atoms with Gasteiger partial charge in [0.2, 0.25) is 5.91 Å². The first-order valence-electron chi connectivity index (χ1n) is 14.8. The van der Waals surface area contributed by atoms with Crippen LogP contribution in [0.5, 0.6) is 0 Å². The maximum atomic E-state index is 13.8. The Bertz CT molecular complexity index is 960. The molecular formula is C31H49N3O6. The molecule has 9 heteroatoms. The number of benzene rings is 1. The summed E-state index contributed by atoms with van der Waals surface area (Å²) in [6.45, 7) is 10.2. The van der Waals surface area contributed by atoms with E-state index in [4.69, 9.17) is 14.3 Å². The molecule has 5 atom stereocenters. The quantitative estimate of drug-likeness (QED) is 0.368. The van der Waals surface area contributed by atoms with Crippen LogP contribution in [0.25, 0.3) is 0 Å². The van der Waals surface area contributed by atoms with Crippen LogP contribution in [-0.2, 0) is 30.4 Å². The number of amides is 2. The van der Waals surface area contributed by atoms with E-state index in [1.165, 1.54) is 13.5 Å². The molecule has 0 aromatic heterocycles. The number of methoxy groups -OCH3 is 1. The number of esters is 1. The van der Waals surface area contributed by atoms with Crippen molar-refractivity contribution in [3.05, 3.63) is 35.9 Å². The smallest absolute Gasteiger partial charge is 0.407 e. The van der Waals surface area contributed by atoms with Gasteiger partial charge >= 0.3 is 12.1 Å². The van der Waals surface area contributed by atoms with Crippen molar-refractivity contribution >= 4 is 18.0 Å². The SMILES string of the molecule is CC[C@H](C)[C@H](NC(=O)C1CN(Cc2ccccc2)OC1[C@H](CC1CCCCC1)NC(=O)OC(C)(C)C)C(=O)OC. The molecule has 40 heavy (non-hydrogen) atoms. The number of hydroxylamine groups is 2. The Labute approximate surface area is 239 Å². The van der Waals surface area contributed by atoms with Gasteiger partial charge in [0.25, 0.3) is 0 Å². The summed E-state index contributed by atoms with van der Waals surface area (Å²) < 4.78 is 10.6. The first-order chi connectivity index (χ1) is 19.0. The average Bonchev–Trinajstić information content (AvgIpc) is 3.34. The number of carbonyl (C=O) groups excluding carboxylic acids is 3. The number of hydrogen-bond donors (Lipinski definition) is 2. The predicted octanol–water partition coefficient (Wildman–Crippen LogP) is 4.99. The van der Waals surface area contributed by atoms with Gasteiger partial charge in [-0.2, -0.15) is 5.06 Å². The van der Waals surface area contributed by atoms with Gasteiger partial charge in [-0.05, 0) is 44.6 Å². The monoisotopic (exact) mass is 559 g/mol. The third-order valence-corrected chi connectivity index (χ3v) is 7.98. The van der Waals surface area contributed by atoms with Gasteiger partial charge in [-0.3, -0.25) is 9.63 Å². The van der Waals surface area contributed by atoms with Crippen molar-refractivity contribution < 1.29 is 28.7 Å². The van der Waals surface area contributed by atoms with Crippen LogP contribution in [0.4, 0.5) is 4.79 Å². The van der Waals surface area contributed by atoms with Crippen LogP contribution in [0.15, 0.2) is 30.3 Å². The molecule has 1 aliphatic carbocycles. The molecule has 1 aromatic carbocycles. The minimum Gasteiger partial charge on any atom is -0.467 e. The Morgan fingerprint density at radius 1 is 1.07 bits per heavy atom. The van der Waals surface area contributed by atoms with E-state index < -0.39 is 41.8 Å². The zero-order chi connectivity index (χ0) is 29.3. The van der Waals surface area contributed by atoms with Crippen molar-refractivity contribution in [2.24, 2.45) is 17.8 Å². The van der Waals surface area contributed by atoms with E-state index >= 15 is 0 Å². The lowest BCUT2D eigenvalue weighted by atomic mass is 9.81. The highest BCUT2D eigenvalue weighted by molar-refractivity contribution is 5.86. The zero-order valence-electron chi connectivity index (χ0n) is 25.1. The standard InChI is InChI=1S/C31H49N3O6/c1-7-21(2)26(29(36)38-6)33-28(35)24-20-34(19-23-16-12-9-13-17-23)40-27(24)25(18-22-14-10-8-11-15-22)32-30(37)39-31(3,4)5/h9,12-13,16-17,21-22,24-27H,7-8,10-11,14-15,18-20H2,1-6H3,(H,32,37)(H,33,35)/t21-,24?,25-,26-,27?/m0/s1. The molecule has 1 heterocycles. The summed E-state index contributed by atoms with van der Waals surface area (Å²) in [5.74, 6) is -1.04. The molecule has 2 unspecified atom stereocenters. The molecular weight excluding hydrogens is 510 g/mol. The number of rotatable bonds is 11. The highest BCUT2D eigenvalue weighted by Crippen LogP contribution is 2.33. The van der Waals surface area contributed by atoms with Crippen molar-refractivity contribution in [2.75, 3.05) is 13.7 Å². The molecule has 1 aliphatic heterocycles. The molecule has 1 saturated carbocycles. The summed E-state index contributed by atoms with van der Waals surface area (Å²) in [6, 6.07) is 8.73. The number of nitrogens with zero attached hydrogens (tertiary/aromatic N) is 1. The molecule has 0 radical (unpaired) electrons. The van der Waals surface area contributed by atoms with Crippen LogP contribution in [0, 0.1) is 17.8 Å². The lowest BCUT2D eigenvalue weighted by molar-refractivity contribution is -0.164. The minimum absolute atomic E-state index is 0.101. The molecule has 0 spiro atoms. The second-order valence-corrected chi connectivity index (χ2v) is 12.4. The fourth-order valence-electron chi connectivity index (χ4n) is 5.66. The first kappa shape index (κ1) is 31.9. The van der Waals surface area contributed by atoms with E-state index in [-0.39, 0.29) is 11.8 Å². The Hall–Kier alpha value is -2.65. The topological polar surface area (TPSA) is 106 Å². The van der Waals surface area contributed by atoms with Gasteiger partial charge in [-0.1, -0.05) is 82.7 Å². The number of hydrogen-bond acceptors (Lipinski definition) is 7. The van der Waals surface area contributed by atoms with Crippen molar-refractivity contribution in [3.63, 3.8) is 0 Å². The van der Waals surface area contributed by atoms with Crippen molar-refractivity contribution in [1.82, 2.24) is 15.7 Å². The summed E-state index contributed by atoms with van der Waals surface area (Å²) in [5.41, 5.74) is 0.397. The van der Waals surface area contributed by atoms with Gasteiger partial charge in [0, 0.05) is 13.1 Å². The molecule has 224 valence electrons. The Morgan fingerprint density at radius 2 is 1.75 bits per heavy atom. The van der Waals surface area contributed by atoms with Crippen LogP contribution in [0.1, 0.15) is 85.1 Å². The van der Waals surface area contributed by atoms with E-state index in [1.807, 2.05) is 65.0 Å². The van der Waals surface area contributed by atoms with Gasteiger partial charge in [0.1, 0.15) is 17.7 Å². The van der Waals surface area contributed by atoms with Crippen LogP contribution in [-0.4, -0.2) is 60.5 Å². The average molecular weight is 560 g/mol. The molecule has 2 amide bonds. The summed E-state index contributed by atoms with van der Waals surface area (Å²) in [6.07, 6.45) is 5.97. The van der Waals surface area contributed by atoms with Crippen molar-refractivity contribution in [3.8, 4) is 0 Å². The van der Waals surface area contributed by atoms with Gasteiger partial charge in [-0.25, -0.2) is 9.59 Å². The Morgan fingerprint density at radius 3 is 2.35 bits per heavy atom. The van der Waals surface area contributed by atoms with E-state index in [0.29, 0.717) is 31.8 Å². The number of nitrogens with one attached hydrogen (secondary N) is 2. The zero-order valence-corrected chi connectivity index (χ0v) is 25.1. The number of carbonyl (C=O) groups is 3. The summed E-state index contributed by atoms with van der Waals surface area (Å²) in [4.78, 5) is 45.9. The highest BCUT2D eigenvalue weighted by Gasteiger charge is 2.46. The second kappa shape index (κ2) is 14.8. The third-order valence-electron chi connectivity index (χ3n) is 7.98. The summed E-state index contributed by atoms with van der Waals surface area (Å²) in [7, 11) is 1.33. The molecule has 1 aromatic rings. The van der Waals surface area contributed by atoms with E-state index in [1.54, 1.807) is 5.06 Å². The molecule has 2 fully saturated rings. The predicted molar refractivity (Wildman–Crippen MR) is 153 cm³/mol. The maximum Gasteiger partial charge on any atom is 0.407 e. The van der Waals surface area contributed by atoms with Crippen molar-refractivity contribution in [2.45, 2.75) is 110 Å². The fourth-order valence-corrected chi connectivity index (χ4v) is 5.66. The lowest BCUT2D eigenvalue weighted by Crippen LogP contribution is -2.54. The Kier molecular flexibility index (Phi) is 11.8. The molecule has 1 saturated heterocycles. The first-order valence-corrected chi connectivity index (χ1v) is 14.8. The molecule has 2 aliphatic rings. The molecule has 0 bridgehead atoms. The van der Waals surface area contributed by atoms with Gasteiger partial charge in [-0.15, -0.1) is 0 Å². The van der Waals surface area contributed by atoms with Crippen LogP contribution < -0.4 is 10.6 Å². The normalized spacial score (nSPS) is 22.6. The van der Waals surface area contributed by atoms with Crippen LogP contribution in [0.3, 0.4) is 0 Å². The second-order valence-electron chi connectivity index (χ2n) is 12.4. The number of ether oxygens (including phenoxy) is 2. The minimum atomic E-state index is -0.762. The summed E-state index contributed by atoms with van der Waals surface area (Å²) in [5, 5.41) is 7.83.